The van der Waals surface area contributed by atoms with E-state index in [0.717, 1.165) is 6.42 Å². The molecule has 0 spiro atoms. The van der Waals surface area contributed by atoms with Crippen LogP contribution in [0.25, 0.3) is 10.8 Å². The Morgan fingerprint density at radius 2 is 1.71 bits per heavy atom. The molecule has 0 atom stereocenters. The van der Waals surface area contributed by atoms with E-state index >= 15 is 0 Å². The zero-order valence-electron chi connectivity index (χ0n) is 9.78. The van der Waals surface area contributed by atoms with Crippen LogP contribution in [-0.4, -0.2) is 0 Å². The van der Waals surface area contributed by atoms with E-state index < -0.39 is 17.5 Å². The summed E-state index contributed by atoms with van der Waals surface area (Å²) in [6.07, 6.45) is 1.17. The SMILES string of the molecule is CCCc1cc2ccc(C)c(F)c2c(F)c1F. The third-order valence-electron chi connectivity index (χ3n) is 2.91. The van der Waals surface area contributed by atoms with Crippen molar-refractivity contribution >= 4 is 10.8 Å². The van der Waals surface area contributed by atoms with Crippen LogP contribution < -0.4 is 0 Å². The average Bonchev–Trinajstić information content (AvgIpc) is 2.30. The molecular formula is C14H13F3. The van der Waals surface area contributed by atoms with E-state index in [9.17, 15) is 13.2 Å². The van der Waals surface area contributed by atoms with Crippen LogP contribution in [0, 0.1) is 24.4 Å². The lowest BCUT2D eigenvalue weighted by Crippen LogP contribution is -1.98. The molecule has 0 aliphatic heterocycles. The molecule has 0 bridgehead atoms. The molecule has 0 nitrogen and oxygen atoms in total. The van der Waals surface area contributed by atoms with Crippen molar-refractivity contribution in [3.63, 3.8) is 0 Å². The second-order valence-corrected chi connectivity index (χ2v) is 4.21. The summed E-state index contributed by atoms with van der Waals surface area (Å²) < 4.78 is 41.2. The van der Waals surface area contributed by atoms with E-state index in [0.29, 0.717) is 22.9 Å². The minimum Gasteiger partial charge on any atom is -0.206 e. The van der Waals surface area contributed by atoms with Crippen LogP contribution in [-0.2, 0) is 6.42 Å². The molecule has 17 heavy (non-hydrogen) atoms. The molecule has 0 radical (unpaired) electrons. The van der Waals surface area contributed by atoms with Crippen molar-refractivity contribution in [2.24, 2.45) is 0 Å². The highest BCUT2D eigenvalue weighted by molar-refractivity contribution is 5.85. The summed E-state index contributed by atoms with van der Waals surface area (Å²) >= 11 is 0. The number of rotatable bonds is 2. The molecule has 3 heteroatoms. The highest BCUT2D eigenvalue weighted by atomic mass is 19.2. The Bertz CT molecular complexity index is 573. The van der Waals surface area contributed by atoms with Crippen molar-refractivity contribution in [3.8, 4) is 0 Å². The van der Waals surface area contributed by atoms with Crippen molar-refractivity contribution in [2.45, 2.75) is 26.7 Å². The van der Waals surface area contributed by atoms with Crippen molar-refractivity contribution in [2.75, 3.05) is 0 Å². The van der Waals surface area contributed by atoms with Crippen LogP contribution in [0.1, 0.15) is 24.5 Å². The van der Waals surface area contributed by atoms with Gasteiger partial charge in [-0.05, 0) is 35.9 Å². The Morgan fingerprint density at radius 3 is 2.35 bits per heavy atom. The molecule has 0 aromatic heterocycles. The summed E-state index contributed by atoms with van der Waals surface area (Å²) in [4.78, 5) is 0. The first-order chi connectivity index (χ1) is 8.06. The highest BCUT2D eigenvalue weighted by Gasteiger charge is 2.16. The lowest BCUT2D eigenvalue weighted by Gasteiger charge is -2.09. The van der Waals surface area contributed by atoms with Crippen LogP contribution in [0.5, 0.6) is 0 Å². The fourth-order valence-corrected chi connectivity index (χ4v) is 1.99. The van der Waals surface area contributed by atoms with E-state index in [1.807, 2.05) is 6.92 Å². The number of hydrogen-bond acceptors (Lipinski definition) is 0. The molecule has 90 valence electrons. The standard InChI is InChI=1S/C14H13F3/c1-3-4-10-7-9-6-5-8(2)12(15)11(9)14(17)13(10)16/h5-7H,3-4H2,1-2H3. The maximum atomic E-state index is 13.8. The minimum atomic E-state index is -1.08. The van der Waals surface area contributed by atoms with Gasteiger partial charge in [0.05, 0.1) is 5.39 Å². The van der Waals surface area contributed by atoms with Gasteiger partial charge in [-0.15, -0.1) is 0 Å². The first-order valence-corrected chi connectivity index (χ1v) is 5.62. The van der Waals surface area contributed by atoms with E-state index in [-0.39, 0.29) is 5.39 Å². The summed E-state index contributed by atoms with van der Waals surface area (Å²) in [5, 5.41) is 0.165. The molecule has 0 unspecified atom stereocenters. The Hall–Kier alpha value is -1.51. The quantitative estimate of drug-likeness (QED) is 0.721. The molecule has 2 rings (SSSR count). The maximum Gasteiger partial charge on any atom is 0.169 e. The van der Waals surface area contributed by atoms with Crippen LogP contribution in [0.3, 0.4) is 0 Å². The Balaban J connectivity index is 2.81. The number of fused-ring (bicyclic) bond motifs is 1. The van der Waals surface area contributed by atoms with Crippen LogP contribution in [0.2, 0.25) is 0 Å². The van der Waals surface area contributed by atoms with Gasteiger partial charge in [0.25, 0.3) is 0 Å². The Labute approximate surface area is 98.1 Å². The largest absolute Gasteiger partial charge is 0.206 e. The molecule has 0 heterocycles. The Morgan fingerprint density at radius 1 is 1.00 bits per heavy atom. The number of aryl methyl sites for hydroxylation is 2. The van der Waals surface area contributed by atoms with E-state index in [4.69, 9.17) is 0 Å². The van der Waals surface area contributed by atoms with Gasteiger partial charge >= 0.3 is 0 Å². The third kappa shape index (κ3) is 1.90. The van der Waals surface area contributed by atoms with E-state index in [1.165, 1.54) is 13.0 Å². The number of halogens is 3. The molecular weight excluding hydrogens is 225 g/mol. The van der Waals surface area contributed by atoms with Gasteiger partial charge in [0.15, 0.2) is 11.6 Å². The number of hydrogen-bond donors (Lipinski definition) is 0. The lowest BCUT2D eigenvalue weighted by molar-refractivity contribution is 0.501. The zero-order valence-corrected chi connectivity index (χ0v) is 9.78. The monoisotopic (exact) mass is 238 g/mol. The van der Waals surface area contributed by atoms with Crippen LogP contribution in [0.4, 0.5) is 13.2 Å². The van der Waals surface area contributed by atoms with Gasteiger partial charge in [0, 0.05) is 0 Å². The first kappa shape index (κ1) is 12.0. The van der Waals surface area contributed by atoms with Crippen LogP contribution >= 0.6 is 0 Å². The van der Waals surface area contributed by atoms with Gasteiger partial charge in [-0.25, -0.2) is 13.2 Å². The fourth-order valence-electron chi connectivity index (χ4n) is 1.99. The normalized spacial score (nSPS) is 11.1. The molecule has 2 aromatic rings. The predicted octanol–water partition coefficient (Wildman–Crippen LogP) is 4.52. The summed E-state index contributed by atoms with van der Waals surface area (Å²) in [7, 11) is 0. The third-order valence-corrected chi connectivity index (χ3v) is 2.91. The molecule has 0 fully saturated rings. The second-order valence-electron chi connectivity index (χ2n) is 4.21. The van der Waals surface area contributed by atoms with Crippen molar-refractivity contribution in [1.29, 1.82) is 0 Å². The predicted molar refractivity (Wildman–Crippen MR) is 62.6 cm³/mol. The van der Waals surface area contributed by atoms with Gasteiger partial charge in [0.2, 0.25) is 0 Å². The molecule has 0 saturated carbocycles. The van der Waals surface area contributed by atoms with Gasteiger partial charge in [0.1, 0.15) is 5.82 Å². The summed E-state index contributed by atoms with van der Waals surface area (Å²) in [5.41, 5.74) is 0.625. The van der Waals surface area contributed by atoms with Gasteiger partial charge in [-0.2, -0.15) is 0 Å². The zero-order chi connectivity index (χ0) is 12.6. The van der Waals surface area contributed by atoms with Gasteiger partial charge < -0.3 is 0 Å². The molecule has 0 aliphatic rings. The van der Waals surface area contributed by atoms with Crippen molar-refractivity contribution < 1.29 is 13.2 Å². The van der Waals surface area contributed by atoms with E-state index in [1.54, 1.807) is 12.1 Å². The summed E-state index contributed by atoms with van der Waals surface area (Å²) in [6.45, 7) is 3.42. The molecule has 0 amide bonds. The van der Waals surface area contributed by atoms with Crippen molar-refractivity contribution in [1.82, 2.24) is 0 Å². The molecule has 0 aliphatic carbocycles. The average molecular weight is 238 g/mol. The molecule has 2 aromatic carbocycles. The van der Waals surface area contributed by atoms with Crippen molar-refractivity contribution in [3.05, 3.63) is 46.8 Å². The Kier molecular flexibility index (Phi) is 3.09. The highest BCUT2D eigenvalue weighted by Crippen LogP contribution is 2.28. The lowest BCUT2D eigenvalue weighted by atomic mass is 10.0. The fraction of sp³-hybridized carbons (Fsp3) is 0.286. The van der Waals surface area contributed by atoms with E-state index in [2.05, 4.69) is 0 Å². The summed E-state index contributed by atoms with van der Waals surface area (Å²) in [5.74, 6) is -2.68. The molecule has 0 N–H and O–H groups in total. The minimum absolute atomic E-state index is 0.248. The van der Waals surface area contributed by atoms with Crippen LogP contribution in [0.15, 0.2) is 18.2 Å². The van der Waals surface area contributed by atoms with Gasteiger partial charge in [-0.1, -0.05) is 25.5 Å². The molecule has 0 saturated heterocycles. The van der Waals surface area contributed by atoms with Gasteiger partial charge in [-0.3, -0.25) is 0 Å². The number of benzene rings is 2. The first-order valence-electron chi connectivity index (χ1n) is 5.62. The second kappa shape index (κ2) is 4.40. The smallest absolute Gasteiger partial charge is 0.169 e. The summed E-state index contributed by atoms with van der Waals surface area (Å²) in [6, 6.07) is 4.72. The maximum absolute atomic E-state index is 13.8. The topological polar surface area (TPSA) is 0 Å².